The summed E-state index contributed by atoms with van der Waals surface area (Å²) in [5.41, 5.74) is 9.00. The maximum atomic E-state index is 5.98. The monoisotopic (exact) mass is 316 g/mol. The summed E-state index contributed by atoms with van der Waals surface area (Å²) in [6.45, 7) is 0.779. The molecular formula is C14H13BrN4. The third-order valence-electron chi connectivity index (χ3n) is 3.06. The maximum absolute atomic E-state index is 5.98. The molecule has 0 aliphatic carbocycles. The number of aryl methyl sites for hydroxylation is 2. The van der Waals surface area contributed by atoms with Gasteiger partial charge in [-0.3, -0.25) is 4.98 Å². The van der Waals surface area contributed by atoms with Gasteiger partial charge in [0.25, 0.3) is 0 Å². The van der Waals surface area contributed by atoms with Gasteiger partial charge < -0.3 is 10.3 Å². The Kier molecular flexibility index (Phi) is 3.21. The van der Waals surface area contributed by atoms with Crippen LogP contribution in [0.15, 0.2) is 47.1 Å². The van der Waals surface area contributed by atoms with Crippen molar-refractivity contribution in [2.75, 3.05) is 5.73 Å². The van der Waals surface area contributed by atoms with Gasteiger partial charge in [0.1, 0.15) is 0 Å². The van der Waals surface area contributed by atoms with Gasteiger partial charge in [-0.15, -0.1) is 0 Å². The van der Waals surface area contributed by atoms with Gasteiger partial charge in [-0.25, -0.2) is 4.98 Å². The molecule has 3 rings (SSSR count). The Labute approximate surface area is 119 Å². The smallest absolute Gasteiger partial charge is 0.201 e. The lowest BCUT2D eigenvalue weighted by atomic mass is 10.2. The predicted molar refractivity (Wildman–Crippen MR) is 79.8 cm³/mol. The molecule has 3 aromatic rings. The number of hydrogen-bond acceptors (Lipinski definition) is 3. The lowest BCUT2D eigenvalue weighted by molar-refractivity contribution is 0.713. The van der Waals surface area contributed by atoms with Crippen molar-refractivity contribution >= 4 is 32.9 Å². The first kappa shape index (κ1) is 12.2. The Balaban J connectivity index is 1.90. The highest BCUT2D eigenvalue weighted by molar-refractivity contribution is 9.10. The predicted octanol–water partition coefficient (Wildman–Crippen LogP) is 3.02. The quantitative estimate of drug-likeness (QED) is 0.808. The molecule has 0 aliphatic heterocycles. The normalized spacial score (nSPS) is 11.0. The molecule has 2 N–H and O–H groups in total. The number of nitrogen functional groups attached to an aromatic ring is 1. The average molecular weight is 317 g/mol. The van der Waals surface area contributed by atoms with Crippen LogP contribution in [0.25, 0.3) is 11.0 Å². The number of rotatable bonds is 3. The molecule has 0 saturated heterocycles. The van der Waals surface area contributed by atoms with Crippen LogP contribution in [0.5, 0.6) is 0 Å². The first-order valence-corrected chi connectivity index (χ1v) is 6.84. The van der Waals surface area contributed by atoms with Gasteiger partial charge in [0.15, 0.2) is 0 Å². The van der Waals surface area contributed by atoms with E-state index in [1.54, 1.807) is 0 Å². The third-order valence-corrected chi connectivity index (χ3v) is 3.55. The molecule has 0 bridgehead atoms. The number of pyridine rings is 1. The summed E-state index contributed by atoms with van der Waals surface area (Å²) in [4.78, 5) is 8.70. The number of halogens is 1. The topological polar surface area (TPSA) is 56.7 Å². The lowest BCUT2D eigenvalue weighted by Crippen LogP contribution is -2.06. The molecule has 0 atom stereocenters. The fourth-order valence-corrected chi connectivity index (χ4v) is 2.48. The number of anilines is 1. The highest BCUT2D eigenvalue weighted by Crippen LogP contribution is 2.22. The number of hydrogen-bond donors (Lipinski definition) is 1. The second-order valence-corrected chi connectivity index (χ2v) is 5.24. The van der Waals surface area contributed by atoms with Crippen molar-refractivity contribution in [3.63, 3.8) is 0 Å². The van der Waals surface area contributed by atoms with Crippen LogP contribution >= 0.6 is 15.9 Å². The van der Waals surface area contributed by atoms with Gasteiger partial charge >= 0.3 is 0 Å². The van der Waals surface area contributed by atoms with E-state index >= 15 is 0 Å². The molecule has 2 aromatic heterocycles. The van der Waals surface area contributed by atoms with E-state index in [4.69, 9.17) is 5.73 Å². The Morgan fingerprint density at radius 3 is 2.89 bits per heavy atom. The minimum Gasteiger partial charge on any atom is -0.369 e. The minimum absolute atomic E-state index is 0.545. The van der Waals surface area contributed by atoms with Crippen molar-refractivity contribution in [3.8, 4) is 0 Å². The molecule has 96 valence electrons. The van der Waals surface area contributed by atoms with E-state index in [1.165, 1.54) is 0 Å². The molecule has 0 saturated carbocycles. The van der Waals surface area contributed by atoms with E-state index in [0.29, 0.717) is 5.95 Å². The number of fused-ring (bicyclic) bond motifs is 1. The summed E-state index contributed by atoms with van der Waals surface area (Å²) in [6, 6.07) is 11.9. The number of nitrogens with zero attached hydrogens (tertiary/aromatic N) is 3. The second-order valence-electron chi connectivity index (χ2n) is 4.33. The highest BCUT2D eigenvalue weighted by Gasteiger charge is 2.08. The van der Waals surface area contributed by atoms with E-state index in [2.05, 4.69) is 25.9 Å². The Hall–Kier alpha value is -1.88. The summed E-state index contributed by atoms with van der Waals surface area (Å²) in [5.74, 6) is 0.545. The van der Waals surface area contributed by atoms with Crippen LogP contribution in [0.3, 0.4) is 0 Å². The van der Waals surface area contributed by atoms with Crippen molar-refractivity contribution in [3.05, 3.63) is 52.8 Å². The van der Waals surface area contributed by atoms with Gasteiger partial charge in [-0.05, 0) is 30.3 Å². The fraction of sp³-hybridized carbons (Fsp3) is 0.143. The van der Waals surface area contributed by atoms with E-state index in [9.17, 15) is 0 Å². The largest absolute Gasteiger partial charge is 0.369 e. The fourth-order valence-electron chi connectivity index (χ4n) is 2.13. The maximum Gasteiger partial charge on any atom is 0.201 e. The van der Waals surface area contributed by atoms with Crippen molar-refractivity contribution in [1.29, 1.82) is 0 Å². The summed E-state index contributed by atoms with van der Waals surface area (Å²) in [7, 11) is 0. The zero-order valence-electron chi connectivity index (χ0n) is 10.3. The van der Waals surface area contributed by atoms with Gasteiger partial charge in [-0.2, -0.15) is 0 Å². The molecule has 0 radical (unpaired) electrons. The van der Waals surface area contributed by atoms with Crippen LogP contribution in [0.1, 0.15) is 5.69 Å². The summed E-state index contributed by atoms with van der Waals surface area (Å²) in [5, 5.41) is 0. The zero-order valence-corrected chi connectivity index (χ0v) is 11.8. The molecule has 0 unspecified atom stereocenters. The first-order valence-electron chi connectivity index (χ1n) is 6.05. The van der Waals surface area contributed by atoms with Crippen LogP contribution in [0.2, 0.25) is 0 Å². The number of benzene rings is 1. The Bertz CT molecular complexity index is 706. The van der Waals surface area contributed by atoms with Gasteiger partial charge in [0, 0.05) is 29.3 Å². The Morgan fingerprint density at radius 1 is 1.21 bits per heavy atom. The summed E-state index contributed by atoms with van der Waals surface area (Å²) < 4.78 is 3.03. The van der Waals surface area contributed by atoms with E-state index in [1.807, 2.05) is 47.2 Å². The van der Waals surface area contributed by atoms with Crippen LogP contribution in [-0.2, 0) is 13.0 Å². The molecule has 1 aromatic carbocycles. The van der Waals surface area contributed by atoms with Gasteiger partial charge in [0.05, 0.1) is 11.0 Å². The van der Waals surface area contributed by atoms with Crippen LogP contribution in [0.4, 0.5) is 5.95 Å². The molecule has 5 heteroatoms. The van der Waals surface area contributed by atoms with E-state index in [0.717, 1.165) is 34.2 Å². The van der Waals surface area contributed by atoms with E-state index < -0.39 is 0 Å². The summed E-state index contributed by atoms with van der Waals surface area (Å²) in [6.07, 6.45) is 2.65. The van der Waals surface area contributed by atoms with Crippen LogP contribution in [-0.4, -0.2) is 14.5 Å². The van der Waals surface area contributed by atoms with Crippen molar-refractivity contribution in [2.45, 2.75) is 13.0 Å². The van der Waals surface area contributed by atoms with Crippen molar-refractivity contribution in [2.24, 2.45) is 0 Å². The average Bonchev–Trinajstić information content (AvgIpc) is 2.72. The van der Waals surface area contributed by atoms with Gasteiger partial charge in [0.2, 0.25) is 5.95 Å². The highest BCUT2D eigenvalue weighted by atomic mass is 79.9. The molecule has 0 spiro atoms. The third kappa shape index (κ3) is 2.46. The first-order chi connectivity index (χ1) is 9.24. The molecule has 19 heavy (non-hydrogen) atoms. The van der Waals surface area contributed by atoms with Crippen molar-refractivity contribution in [1.82, 2.24) is 14.5 Å². The van der Waals surface area contributed by atoms with Crippen LogP contribution in [0, 0.1) is 0 Å². The molecule has 2 heterocycles. The summed E-state index contributed by atoms with van der Waals surface area (Å²) >= 11 is 3.44. The molecule has 4 nitrogen and oxygen atoms in total. The van der Waals surface area contributed by atoms with E-state index in [-0.39, 0.29) is 0 Å². The second kappa shape index (κ2) is 5.01. The lowest BCUT2D eigenvalue weighted by Gasteiger charge is -2.06. The number of imidazole rings is 1. The minimum atomic E-state index is 0.545. The van der Waals surface area contributed by atoms with Crippen molar-refractivity contribution < 1.29 is 0 Å². The molecule has 0 amide bonds. The molecule has 0 fully saturated rings. The SMILES string of the molecule is Nc1nc2cc(Br)ccc2n1CCc1ccccn1. The zero-order chi connectivity index (χ0) is 13.2. The van der Waals surface area contributed by atoms with Crippen LogP contribution < -0.4 is 5.73 Å². The number of nitrogens with two attached hydrogens (primary N) is 1. The molecule has 0 aliphatic rings. The number of aromatic nitrogens is 3. The Morgan fingerprint density at radius 2 is 2.11 bits per heavy atom. The molecular weight excluding hydrogens is 304 g/mol. The van der Waals surface area contributed by atoms with Gasteiger partial charge in [-0.1, -0.05) is 22.0 Å². The standard InChI is InChI=1S/C14H13BrN4/c15-10-4-5-13-12(9-10)18-14(16)19(13)8-6-11-3-1-2-7-17-11/h1-5,7,9H,6,8H2,(H2,16,18).